The number of fused-ring (bicyclic) bond motifs is 1. The molecule has 0 aliphatic carbocycles. The molecule has 0 aliphatic rings. The highest BCUT2D eigenvalue weighted by atomic mass is 79.9. The van der Waals surface area contributed by atoms with Crippen LogP contribution in [-0.2, 0) is 25.9 Å². The highest BCUT2D eigenvalue weighted by Crippen LogP contribution is 2.23. The molecular weight excluding hydrogens is 480 g/mol. The first kappa shape index (κ1) is 21.4. The zero-order valence-electron chi connectivity index (χ0n) is 15.6. The van der Waals surface area contributed by atoms with Gasteiger partial charge in [0.05, 0.1) is 33.5 Å². The van der Waals surface area contributed by atoms with E-state index in [1.807, 2.05) is 12.1 Å². The fraction of sp³-hybridized carbons (Fsp3) is 0.211. The number of carbonyl (C=O) groups excluding carboxylic acids is 2. The molecule has 0 aliphatic heterocycles. The van der Waals surface area contributed by atoms with Crippen LogP contribution in [0.3, 0.4) is 0 Å². The third-order valence-electron chi connectivity index (χ3n) is 4.19. The van der Waals surface area contributed by atoms with Crippen LogP contribution in [0.4, 0.5) is 0 Å². The third kappa shape index (κ3) is 4.49. The van der Waals surface area contributed by atoms with Gasteiger partial charge in [-0.2, -0.15) is 4.99 Å². The van der Waals surface area contributed by atoms with Crippen molar-refractivity contribution in [2.45, 2.75) is 18.4 Å². The van der Waals surface area contributed by atoms with Crippen LogP contribution < -0.4 is 4.80 Å². The molecule has 1 aromatic heterocycles. The number of hydrogen-bond donors (Lipinski definition) is 0. The van der Waals surface area contributed by atoms with Gasteiger partial charge in [0.2, 0.25) is 0 Å². The number of benzene rings is 2. The number of methoxy groups -OCH3 is 1. The zero-order chi connectivity index (χ0) is 21.2. The summed E-state index contributed by atoms with van der Waals surface area (Å²) in [5.41, 5.74) is 0.710. The molecule has 0 radical (unpaired) electrons. The standard InChI is InChI=1S/C19H17BrN2O5S2/c1-3-29(25,26)16-7-5-4-6-13(16)18(24)21-19-22(11-17(23)27-2)14-9-8-12(20)10-15(14)28-19/h4-10H,3,11H2,1-2H3. The maximum Gasteiger partial charge on any atom is 0.325 e. The fourth-order valence-corrected chi connectivity index (χ4v) is 5.36. The number of amides is 1. The molecule has 0 saturated heterocycles. The average Bonchev–Trinajstić information content (AvgIpc) is 3.03. The molecule has 0 saturated carbocycles. The number of nitrogens with zero attached hydrogens (tertiary/aromatic N) is 2. The van der Waals surface area contributed by atoms with Crippen molar-refractivity contribution in [3.8, 4) is 0 Å². The van der Waals surface area contributed by atoms with Gasteiger partial charge in [0, 0.05) is 4.47 Å². The van der Waals surface area contributed by atoms with Gasteiger partial charge in [0.25, 0.3) is 5.91 Å². The Kier molecular flexibility index (Phi) is 6.35. The normalized spacial score (nSPS) is 12.3. The van der Waals surface area contributed by atoms with Gasteiger partial charge in [-0.3, -0.25) is 9.59 Å². The van der Waals surface area contributed by atoms with E-state index in [-0.39, 0.29) is 27.6 Å². The van der Waals surface area contributed by atoms with Crippen LogP contribution in [0.25, 0.3) is 10.2 Å². The molecule has 0 unspecified atom stereocenters. The van der Waals surface area contributed by atoms with Gasteiger partial charge in [-0.05, 0) is 30.3 Å². The van der Waals surface area contributed by atoms with E-state index < -0.39 is 21.7 Å². The Morgan fingerprint density at radius 1 is 1.21 bits per heavy atom. The topological polar surface area (TPSA) is 94.8 Å². The van der Waals surface area contributed by atoms with Crippen molar-refractivity contribution < 1.29 is 22.7 Å². The number of hydrogen-bond acceptors (Lipinski definition) is 6. The summed E-state index contributed by atoms with van der Waals surface area (Å²) < 4.78 is 32.7. The summed E-state index contributed by atoms with van der Waals surface area (Å²) in [5, 5.41) is 0. The number of sulfone groups is 1. The fourth-order valence-electron chi connectivity index (χ4n) is 2.70. The van der Waals surface area contributed by atoms with Crippen LogP contribution in [0, 0.1) is 0 Å². The van der Waals surface area contributed by atoms with E-state index in [0.717, 1.165) is 9.17 Å². The van der Waals surface area contributed by atoms with Crippen LogP contribution >= 0.6 is 27.3 Å². The van der Waals surface area contributed by atoms with E-state index in [2.05, 4.69) is 20.9 Å². The van der Waals surface area contributed by atoms with Gasteiger partial charge in [0.15, 0.2) is 14.6 Å². The van der Waals surface area contributed by atoms with Gasteiger partial charge in [0.1, 0.15) is 6.54 Å². The Balaban J connectivity index is 2.20. The average molecular weight is 497 g/mol. The summed E-state index contributed by atoms with van der Waals surface area (Å²) in [5.74, 6) is -1.31. The number of aromatic nitrogens is 1. The lowest BCUT2D eigenvalue weighted by molar-refractivity contribution is -0.141. The van der Waals surface area contributed by atoms with Crippen LogP contribution in [0.5, 0.6) is 0 Å². The Hall–Kier alpha value is -2.30. The molecule has 1 heterocycles. The molecule has 3 rings (SSSR count). The molecule has 10 heteroatoms. The lowest BCUT2D eigenvalue weighted by atomic mass is 10.2. The SMILES string of the molecule is CCS(=O)(=O)c1ccccc1C(=O)N=c1sc2cc(Br)ccc2n1CC(=O)OC. The number of carbonyl (C=O) groups is 2. The molecule has 0 fully saturated rings. The Bertz CT molecular complexity index is 1280. The Labute approximate surface area is 179 Å². The summed E-state index contributed by atoms with van der Waals surface area (Å²) >= 11 is 4.62. The van der Waals surface area contributed by atoms with Crippen LogP contribution in [-0.4, -0.2) is 37.7 Å². The predicted molar refractivity (Wildman–Crippen MR) is 114 cm³/mol. The first-order valence-corrected chi connectivity index (χ1v) is 11.8. The van der Waals surface area contributed by atoms with Crippen LogP contribution in [0.15, 0.2) is 56.8 Å². The van der Waals surface area contributed by atoms with Gasteiger partial charge in [-0.25, -0.2) is 8.42 Å². The first-order valence-electron chi connectivity index (χ1n) is 8.53. The Morgan fingerprint density at radius 2 is 1.93 bits per heavy atom. The molecule has 0 atom stereocenters. The number of esters is 1. The quantitative estimate of drug-likeness (QED) is 0.505. The highest BCUT2D eigenvalue weighted by Gasteiger charge is 2.21. The minimum absolute atomic E-state index is 0.00222. The van der Waals surface area contributed by atoms with Gasteiger partial charge < -0.3 is 9.30 Å². The van der Waals surface area contributed by atoms with Gasteiger partial charge in [-0.15, -0.1) is 0 Å². The van der Waals surface area contributed by atoms with Crippen molar-refractivity contribution in [1.82, 2.24) is 4.57 Å². The minimum atomic E-state index is -3.59. The largest absolute Gasteiger partial charge is 0.468 e. The molecule has 29 heavy (non-hydrogen) atoms. The molecular formula is C19H17BrN2O5S2. The lowest BCUT2D eigenvalue weighted by Crippen LogP contribution is -2.22. The highest BCUT2D eigenvalue weighted by molar-refractivity contribution is 9.10. The van der Waals surface area contributed by atoms with Crippen molar-refractivity contribution in [2.75, 3.05) is 12.9 Å². The van der Waals surface area contributed by atoms with Crippen molar-refractivity contribution in [2.24, 2.45) is 4.99 Å². The Morgan fingerprint density at radius 3 is 2.62 bits per heavy atom. The van der Waals surface area contributed by atoms with Crippen molar-refractivity contribution in [1.29, 1.82) is 0 Å². The predicted octanol–water partition coefficient (Wildman–Crippen LogP) is 3.17. The summed E-state index contributed by atoms with van der Waals surface area (Å²) in [6, 6.07) is 11.5. The van der Waals surface area contributed by atoms with Gasteiger partial charge in [-0.1, -0.05) is 46.3 Å². The smallest absolute Gasteiger partial charge is 0.325 e. The summed E-state index contributed by atoms with van der Waals surface area (Å²) in [7, 11) is -2.31. The molecule has 3 aromatic rings. The van der Waals surface area contributed by atoms with E-state index in [0.29, 0.717) is 5.52 Å². The van der Waals surface area contributed by atoms with Crippen molar-refractivity contribution >= 4 is 59.2 Å². The molecule has 2 aromatic carbocycles. The second kappa shape index (κ2) is 8.60. The maximum atomic E-state index is 12.9. The molecule has 0 spiro atoms. The van der Waals surface area contributed by atoms with E-state index in [1.54, 1.807) is 22.8 Å². The van der Waals surface area contributed by atoms with Crippen molar-refractivity contribution in [3.05, 3.63) is 57.3 Å². The summed E-state index contributed by atoms with van der Waals surface area (Å²) in [6.45, 7) is 1.39. The number of thiazole rings is 1. The monoisotopic (exact) mass is 496 g/mol. The molecule has 0 bridgehead atoms. The maximum absolute atomic E-state index is 12.9. The van der Waals surface area contributed by atoms with Crippen LogP contribution in [0.1, 0.15) is 17.3 Å². The summed E-state index contributed by atoms with van der Waals surface area (Å²) in [4.78, 5) is 29.1. The zero-order valence-corrected chi connectivity index (χ0v) is 18.8. The summed E-state index contributed by atoms with van der Waals surface area (Å²) in [6.07, 6.45) is 0. The van der Waals surface area contributed by atoms with Gasteiger partial charge >= 0.3 is 5.97 Å². The molecule has 152 valence electrons. The van der Waals surface area contributed by atoms with E-state index in [1.165, 1.54) is 37.5 Å². The first-order chi connectivity index (χ1) is 13.8. The van der Waals surface area contributed by atoms with E-state index >= 15 is 0 Å². The minimum Gasteiger partial charge on any atom is -0.468 e. The number of halogens is 1. The molecule has 0 N–H and O–H groups in total. The second-order valence-electron chi connectivity index (χ2n) is 5.98. The lowest BCUT2D eigenvalue weighted by Gasteiger charge is -2.06. The second-order valence-corrected chi connectivity index (χ2v) is 10.1. The molecule has 7 nitrogen and oxygen atoms in total. The third-order valence-corrected chi connectivity index (χ3v) is 7.51. The number of ether oxygens (including phenoxy) is 1. The van der Waals surface area contributed by atoms with Crippen molar-refractivity contribution in [3.63, 3.8) is 0 Å². The molecule has 1 amide bonds. The number of rotatable bonds is 5. The van der Waals surface area contributed by atoms with Crippen LogP contribution in [0.2, 0.25) is 0 Å². The van der Waals surface area contributed by atoms with E-state index in [9.17, 15) is 18.0 Å². The van der Waals surface area contributed by atoms with E-state index in [4.69, 9.17) is 4.74 Å².